The number of rotatable bonds is 11. The molecule has 0 atom stereocenters. The number of carbonyl (C=O) groups is 1. The molecule has 0 radical (unpaired) electrons. The standard InChI is InChI=1S/C28H28N3O4PS/c1-36(2,34)19-18-35-31-25(26(32)33)24-20-37-27(29-24)30-28(21-12-6-3-7-13-21,22-14-8-4-9-15-22)23-16-10-5-11-17-23/h3-17,20H,18-19H2,1-2H3,(H,29,30)(H,32,33)/b31-25+. The number of carboxylic acids is 1. The van der Waals surface area contributed by atoms with Gasteiger partial charge in [0.1, 0.15) is 17.8 Å². The molecule has 37 heavy (non-hydrogen) atoms. The van der Waals surface area contributed by atoms with Gasteiger partial charge >= 0.3 is 5.97 Å². The van der Waals surface area contributed by atoms with E-state index < -0.39 is 18.7 Å². The quantitative estimate of drug-likeness (QED) is 0.0809. The Balaban J connectivity index is 1.75. The predicted molar refractivity (Wildman–Crippen MR) is 149 cm³/mol. The van der Waals surface area contributed by atoms with Gasteiger partial charge in [-0.25, -0.2) is 9.78 Å². The van der Waals surface area contributed by atoms with Crippen LogP contribution in [0.25, 0.3) is 0 Å². The zero-order valence-corrected chi connectivity index (χ0v) is 22.3. The Labute approximate surface area is 220 Å². The number of nitrogens with zero attached hydrogens (tertiary/aromatic N) is 2. The van der Waals surface area contributed by atoms with Crippen molar-refractivity contribution < 1.29 is 19.3 Å². The van der Waals surface area contributed by atoms with Gasteiger partial charge in [0.25, 0.3) is 0 Å². The predicted octanol–water partition coefficient (Wildman–Crippen LogP) is 5.98. The van der Waals surface area contributed by atoms with E-state index in [1.165, 1.54) is 11.3 Å². The summed E-state index contributed by atoms with van der Waals surface area (Å²) in [5.74, 6) is -1.26. The van der Waals surface area contributed by atoms with Gasteiger partial charge in [0, 0.05) is 11.5 Å². The lowest BCUT2D eigenvalue weighted by Gasteiger charge is -2.36. The van der Waals surface area contributed by atoms with E-state index in [1.54, 1.807) is 18.7 Å². The molecule has 0 saturated carbocycles. The van der Waals surface area contributed by atoms with Crippen molar-refractivity contribution in [2.24, 2.45) is 5.16 Å². The molecule has 0 aliphatic heterocycles. The van der Waals surface area contributed by atoms with Gasteiger partial charge in [-0.05, 0) is 30.0 Å². The van der Waals surface area contributed by atoms with Crippen LogP contribution < -0.4 is 5.32 Å². The van der Waals surface area contributed by atoms with Crippen molar-refractivity contribution in [1.82, 2.24) is 4.98 Å². The highest BCUT2D eigenvalue weighted by molar-refractivity contribution is 7.62. The second kappa shape index (κ2) is 11.5. The number of carboxylic acid groups (broad SMARTS) is 1. The molecule has 0 bridgehead atoms. The second-order valence-corrected chi connectivity index (χ2v) is 13.3. The second-order valence-electron chi connectivity index (χ2n) is 8.89. The summed E-state index contributed by atoms with van der Waals surface area (Å²) in [5.41, 5.74) is 2.09. The van der Waals surface area contributed by atoms with Gasteiger partial charge in [-0.1, -0.05) is 96.2 Å². The minimum Gasteiger partial charge on any atom is -0.476 e. The number of aliphatic carboxylic acids is 1. The molecular weight excluding hydrogens is 505 g/mol. The number of oxime groups is 1. The minimum atomic E-state index is -2.29. The molecule has 0 saturated heterocycles. The van der Waals surface area contributed by atoms with Crippen molar-refractivity contribution in [3.63, 3.8) is 0 Å². The van der Waals surface area contributed by atoms with E-state index in [0.29, 0.717) is 11.3 Å². The number of hydrogen-bond acceptors (Lipinski definition) is 7. The van der Waals surface area contributed by atoms with Crippen LogP contribution in [0.5, 0.6) is 0 Å². The zero-order chi connectivity index (χ0) is 26.3. The lowest BCUT2D eigenvalue weighted by Crippen LogP contribution is -2.38. The molecule has 190 valence electrons. The summed E-state index contributed by atoms with van der Waals surface area (Å²) in [7, 11) is -2.29. The number of benzene rings is 3. The van der Waals surface area contributed by atoms with E-state index in [0.717, 1.165) is 16.7 Å². The maximum atomic E-state index is 11.9. The summed E-state index contributed by atoms with van der Waals surface area (Å²) in [4.78, 5) is 21.7. The molecule has 1 aromatic heterocycles. The average molecular weight is 534 g/mol. The average Bonchev–Trinajstić information content (AvgIpc) is 3.36. The molecule has 4 aromatic rings. The van der Waals surface area contributed by atoms with Gasteiger partial charge in [-0.2, -0.15) is 0 Å². The third-order valence-electron chi connectivity index (χ3n) is 5.74. The van der Waals surface area contributed by atoms with Crippen molar-refractivity contribution in [2.45, 2.75) is 5.54 Å². The van der Waals surface area contributed by atoms with Crippen molar-refractivity contribution in [3.05, 3.63) is 119 Å². The normalized spacial score (nSPS) is 12.2. The first-order chi connectivity index (χ1) is 17.8. The first-order valence-electron chi connectivity index (χ1n) is 11.7. The fourth-order valence-corrected chi connectivity index (χ4v) is 5.22. The highest BCUT2D eigenvalue weighted by Crippen LogP contribution is 2.40. The Morgan fingerprint density at radius 3 is 1.86 bits per heavy atom. The smallest absolute Gasteiger partial charge is 0.360 e. The lowest BCUT2D eigenvalue weighted by molar-refractivity contribution is -0.129. The molecular formula is C28H28N3O4PS. The van der Waals surface area contributed by atoms with E-state index in [-0.39, 0.29) is 18.0 Å². The Kier molecular flexibility index (Phi) is 8.21. The fourth-order valence-electron chi connectivity index (χ4n) is 3.95. The molecule has 0 amide bonds. The Bertz CT molecular complexity index is 1310. The molecule has 9 heteroatoms. The van der Waals surface area contributed by atoms with Crippen molar-refractivity contribution in [1.29, 1.82) is 0 Å². The van der Waals surface area contributed by atoms with Crippen LogP contribution in [0.3, 0.4) is 0 Å². The zero-order valence-electron chi connectivity index (χ0n) is 20.6. The Hall–Kier alpha value is -3.74. The van der Waals surface area contributed by atoms with Gasteiger partial charge in [0.05, 0.1) is 7.14 Å². The Morgan fingerprint density at radius 2 is 1.43 bits per heavy atom. The number of aromatic nitrogens is 1. The summed E-state index contributed by atoms with van der Waals surface area (Å²) < 4.78 is 11.9. The van der Waals surface area contributed by atoms with Crippen LogP contribution in [-0.4, -0.2) is 47.9 Å². The fraction of sp³-hybridized carbons (Fsp3) is 0.179. The summed E-state index contributed by atoms with van der Waals surface area (Å²) >= 11 is 1.28. The molecule has 0 fully saturated rings. The first-order valence-corrected chi connectivity index (χ1v) is 15.3. The number of hydrogen-bond donors (Lipinski definition) is 2. The molecule has 0 unspecified atom stereocenters. The summed E-state index contributed by atoms with van der Waals surface area (Å²) in [6.07, 6.45) is 0.307. The van der Waals surface area contributed by atoms with Crippen LogP contribution in [0, 0.1) is 0 Å². The van der Waals surface area contributed by atoms with Crippen molar-refractivity contribution in [3.8, 4) is 0 Å². The van der Waals surface area contributed by atoms with Gasteiger partial charge in [-0.3, -0.25) is 0 Å². The van der Waals surface area contributed by atoms with Crippen molar-refractivity contribution >= 4 is 35.3 Å². The van der Waals surface area contributed by atoms with E-state index >= 15 is 0 Å². The summed E-state index contributed by atoms with van der Waals surface area (Å²) in [6, 6.07) is 30.2. The number of anilines is 1. The molecule has 1 heterocycles. The minimum absolute atomic E-state index is 0.0649. The Morgan fingerprint density at radius 1 is 0.946 bits per heavy atom. The van der Waals surface area contributed by atoms with Crippen LogP contribution in [0.15, 0.2) is 102 Å². The largest absolute Gasteiger partial charge is 0.476 e. The van der Waals surface area contributed by atoms with E-state index in [1.807, 2.05) is 54.6 Å². The van der Waals surface area contributed by atoms with Gasteiger partial charge in [0.15, 0.2) is 5.13 Å². The van der Waals surface area contributed by atoms with Crippen molar-refractivity contribution in [2.75, 3.05) is 31.4 Å². The number of thiazole rings is 1. The molecule has 4 rings (SSSR count). The number of nitrogens with one attached hydrogen (secondary N) is 1. The third kappa shape index (κ3) is 6.34. The van der Waals surface area contributed by atoms with Gasteiger partial charge < -0.3 is 19.8 Å². The molecule has 0 aliphatic rings. The van der Waals surface area contributed by atoms with Gasteiger partial charge in [-0.15, -0.1) is 11.3 Å². The van der Waals surface area contributed by atoms with E-state index in [2.05, 4.69) is 51.9 Å². The maximum Gasteiger partial charge on any atom is 0.360 e. The highest BCUT2D eigenvalue weighted by Gasteiger charge is 2.37. The monoisotopic (exact) mass is 533 g/mol. The third-order valence-corrected chi connectivity index (χ3v) is 7.76. The first kappa shape index (κ1) is 26.3. The summed E-state index contributed by atoms with van der Waals surface area (Å²) in [5, 5.41) is 19.3. The summed E-state index contributed by atoms with van der Waals surface area (Å²) in [6.45, 7) is 3.36. The van der Waals surface area contributed by atoms with E-state index in [4.69, 9.17) is 4.84 Å². The van der Waals surface area contributed by atoms with Crippen LogP contribution in [0.1, 0.15) is 22.4 Å². The van der Waals surface area contributed by atoms with Crippen LogP contribution in [0.2, 0.25) is 0 Å². The van der Waals surface area contributed by atoms with Gasteiger partial charge in [0.2, 0.25) is 5.71 Å². The van der Waals surface area contributed by atoms with Crippen LogP contribution in [-0.2, 0) is 19.7 Å². The topological polar surface area (TPSA) is 101 Å². The molecule has 2 N–H and O–H groups in total. The lowest BCUT2D eigenvalue weighted by atomic mass is 9.77. The van der Waals surface area contributed by atoms with Crippen LogP contribution in [0.4, 0.5) is 5.13 Å². The van der Waals surface area contributed by atoms with E-state index in [9.17, 15) is 14.5 Å². The molecule has 0 spiro atoms. The maximum absolute atomic E-state index is 11.9. The SMILES string of the molecule is CP(C)(=O)CCO/N=C(/C(=O)O)c1csc(NC(c2ccccc2)(c2ccccc2)c2ccccc2)n1. The molecule has 7 nitrogen and oxygen atoms in total. The highest BCUT2D eigenvalue weighted by atomic mass is 32.1. The molecule has 0 aliphatic carbocycles. The van der Waals surface area contributed by atoms with Crippen LogP contribution >= 0.6 is 18.5 Å². The molecule has 3 aromatic carbocycles.